The molecule has 1 amide bonds. The van der Waals surface area contributed by atoms with Crippen LogP contribution in [0.4, 0.5) is 4.39 Å². The first-order valence-electron chi connectivity index (χ1n) is 6.22. The maximum absolute atomic E-state index is 12.8. The van der Waals surface area contributed by atoms with Crippen LogP contribution in [0, 0.1) is 11.7 Å². The average Bonchev–Trinajstić information content (AvgIpc) is 2.33. The van der Waals surface area contributed by atoms with Gasteiger partial charge in [-0.2, -0.15) is 0 Å². The lowest BCUT2D eigenvalue weighted by Crippen LogP contribution is -2.31. The molecule has 0 aliphatic rings. The van der Waals surface area contributed by atoms with Gasteiger partial charge >= 0.3 is 0 Å². The zero-order chi connectivity index (χ0) is 14.3. The lowest BCUT2D eigenvalue weighted by molar-refractivity contribution is -0.116. The van der Waals surface area contributed by atoms with E-state index in [1.165, 1.54) is 24.4 Å². The summed E-state index contributed by atoms with van der Waals surface area (Å²) < 4.78 is 12.8. The maximum Gasteiger partial charge on any atom is 0.244 e. The lowest BCUT2D eigenvalue weighted by atomic mass is 10.1. The number of nitrogens with zero attached hydrogens (tertiary/aromatic N) is 1. The highest BCUT2D eigenvalue weighted by Crippen LogP contribution is 2.04. The van der Waals surface area contributed by atoms with Gasteiger partial charge in [0.15, 0.2) is 0 Å². The topological polar surface area (TPSA) is 62.2 Å². The van der Waals surface area contributed by atoms with Gasteiger partial charge in [-0.05, 0) is 30.0 Å². The van der Waals surface area contributed by atoms with Crippen LogP contribution in [0.3, 0.4) is 0 Å². The molecular weight excluding hydrogens is 247 g/mol. The molecule has 0 aliphatic carbocycles. The van der Waals surface area contributed by atoms with Crippen LogP contribution in [0.1, 0.15) is 25.8 Å². The van der Waals surface area contributed by atoms with Crippen molar-refractivity contribution in [3.8, 4) is 0 Å². The molecular formula is C14H19FN2O2. The number of halogens is 1. The first-order chi connectivity index (χ1) is 8.97. The molecule has 0 aliphatic heterocycles. The van der Waals surface area contributed by atoms with Gasteiger partial charge in [0.1, 0.15) is 5.82 Å². The molecule has 104 valence electrons. The van der Waals surface area contributed by atoms with Crippen LogP contribution in [0.5, 0.6) is 0 Å². The third-order valence-corrected chi connectivity index (χ3v) is 2.41. The van der Waals surface area contributed by atoms with Gasteiger partial charge in [0.2, 0.25) is 5.91 Å². The van der Waals surface area contributed by atoms with Gasteiger partial charge in [0, 0.05) is 18.8 Å². The van der Waals surface area contributed by atoms with Gasteiger partial charge in [0.05, 0.1) is 12.3 Å². The molecule has 0 bridgehead atoms. The minimum Gasteiger partial charge on any atom is -0.391 e. The molecule has 1 unspecified atom stereocenters. The van der Waals surface area contributed by atoms with Crippen LogP contribution >= 0.6 is 0 Å². The molecule has 0 aromatic carbocycles. The van der Waals surface area contributed by atoms with Crippen molar-refractivity contribution < 1.29 is 14.3 Å². The van der Waals surface area contributed by atoms with Crippen LogP contribution in [-0.2, 0) is 4.79 Å². The van der Waals surface area contributed by atoms with Crippen molar-refractivity contribution in [3.05, 3.63) is 35.9 Å². The summed E-state index contributed by atoms with van der Waals surface area (Å²) in [6.45, 7) is 4.21. The third-order valence-electron chi connectivity index (χ3n) is 2.41. The number of rotatable bonds is 6. The molecule has 2 N–H and O–H groups in total. The quantitative estimate of drug-likeness (QED) is 0.771. The van der Waals surface area contributed by atoms with E-state index in [4.69, 9.17) is 0 Å². The van der Waals surface area contributed by atoms with Crippen molar-refractivity contribution in [2.24, 2.45) is 5.92 Å². The van der Waals surface area contributed by atoms with E-state index in [0.29, 0.717) is 17.9 Å². The molecule has 0 spiro atoms. The van der Waals surface area contributed by atoms with Crippen molar-refractivity contribution in [1.29, 1.82) is 0 Å². The third kappa shape index (κ3) is 6.67. The van der Waals surface area contributed by atoms with Crippen LogP contribution in [-0.4, -0.2) is 28.6 Å². The molecule has 4 nitrogen and oxygen atoms in total. The molecule has 1 heterocycles. The van der Waals surface area contributed by atoms with Crippen molar-refractivity contribution in [2.75, 3.05) is 6.54 Å². The molecule has 1 aromatic rings. The number of hydrogen-bond acceptors (Lipinski definition) is 3. The van der Waals surface area contributed by atoms with E-state index in [9.17, 15) is 14.3 Å². The molecule has 19 heavy (non-hydrogen) atoms. The molecule has 0 radical (unpaired) electrons. The molecule has 0 saturated carbocycles. The number of carbonyl (C=O) groups is 1. The summed E-state index contributed by atoms with van der Waals surface area (Å²) in [4.78, 5) is 15.1. The summed E-state index contributed by atoms with van der Waals surface area (Å²) in [6, 6.07) is 1.28. The van der Waals surface area contributed by atoms with E-state index in [2.05, 4.69) is 10.3 Å². The van der Waals surface area contributed by atoms with Crippen molar-refractivity contribution in [1.82, 2.24) is 10.3 Å². The second-order valence-electron chi connectivity index (χ2n) is 4.80. The largest absolute Gasteiger partial charge is 0.391 e. The van der Waals surface area contributed by atoms with Crippen molar-refractivity contribution in [2.45, 2.75) is 26.4 Å². The highest BCUT2D eigenvalue weighted by molar-refractivity contribution is 5.91. The highest BCUT2D eigenvalue weighted by atomic mass is 19.1. The molecule has 5 heteroatoms. The minimum atomic E-state index is -0.548. The standard InChI is InChI=1S/C14H19FN2O2/c1-10(2)5-13(18)9-17-14(19)4-3-11-6-12(15)8-16-7-11/h3-4,6-8,10,13,18H,5,9H2,1-2H3,(H,17,19)/b4-3+. The highest BCUT2D eigenvalue weighted by Gasteiger charge is 2.07. The Balaban J connectivity index is 2.39. The smallest absolute Gasteiger partial charge is 0.244 e. The second-order valence-corrected chi connectivity index (χ2v) is 4.80. The van der Waals surface area contributed by atoms with Gasteiger partial charge in [-0.25, -0.2) is 4.39 Å². The summed E-state index contributed by atoms with van der Waals surface area (Å²) >= 11 is 0. The fourth-order valence-electron chi connectivity index (χ4n) is 1.60. The number of nitrogens with one attached hydrogen (secondary N) is 1. The van der Waals surface area contributed by atoms with E-state index in [1.807, 2.05) is 13.8 Å². The van der Waals surface area contributed by atoms with Crippen LogP contribution in [0.25, 0.3) is 6.08 Å². The van der Waals surface area contributed by atoms with Crippen molar-refractivity contribution in [3.63, 3.8) is 0 Å². The van der Waals surface area contributed by atoms with Gasteiger partial charge in [-0.3, -0.25) is 9.78 Å². The van der Waals surface area contributed by atoms with E-state index < -0.39 is 11.9 Å². The first kappa shape index (κ1) is 15.3. The number of aromatic nitrogens is 1. The summed E-state index contributed by atoms with van der Waals surface area (Å²) in [6.07, 6.45) is 5.41. The summed E-state index contributed by atoms with van der Waals surface area (Å²) in [5.41, 5.74) is 0.512. The van der Waals surface area contributed by atoms with E-state index >= 15 is 0 Å². The number of aliphatic hydroxyl groups excluding tert-OH is 1. The predicted octanol–water partition coefficient (Wildman–Crippen LogP) is 1.76. The first-order valence-corrected chi connectivity index (χ1v) is 6.22. The molecule has 0 fully saturated rings. The van der Waals surface area contributed by atoms with E-state index in [0.717, 1.165) is 6.20 Å². The summed E-state index contributed by atoms with van der Waals surface area (Å²) in [5, 5.41) is 12.2. The Hall–Kier alpha value is -1.75. The minimum absolute atomic E-state index is 0.211. The number of hydrogen-bond donors (Lipinski definition) is 2. The molecule has 1 atom stereocenters. The zero-order valence-electron chi connectivity index (χ0n) is 11.1. The van der Waals surface area contributed by atoms with Gasteiger partial charge in [0.25, 0.3) is 0 Å². The Morgan fingerprint density at radius 3 is 2.89 bits per heavy atom. The van der Waals surface area contributed by atoms with Crippen LogP contribution in [0.2, 0.25) is 0 Å². The normalized spacial score (nSPS) is 12.9. The maximum atomic E-state index is 12.8. The Labute approximate surface area is 112 Å². The number of pyridine rings is 1. The number of amides is 1. The predicted molar refractivity (Wildman–Crippen MR) is 71.7 cm³/mol. The fourth-order valence-corrected chi connectivity index (χ4v) is 1.60. The average molecular weight is 266 g/mol. The Morgan fingerprint density at radius 1 is 1.53 bits per heavy atom. The number of aliphatic hydroxyl groups is 1. The van der Waals surface area contributed by atoms with Crippen LogP contribution in [0.15, 0.2) is 24.5 Å². The number of carbonyl (C=O) groups excluding carboxylic acids is 1. The Bertz CT molecular complexity index is 447. The SMILES string of the molecule is CC(C)CC(O)CNC(=O)/C=C/c1cncc(F)c1. The molecule has 1 rings (SSSR count). The summed E-state index contributed by atoms with van der Waals surface area (Å²) in [7, 11) is 0. The zero-order valence-corrected chi connectivity index (χ0v) is 11.1. The summed E-state index contributed by atoms with van der Waals surface area (Å²) in [5.74, 6) is -0.400. The molecule has 0 saturated heterocycles. The lowest BCUT2D eigenvalue weighted by Gasteiger charge is -2.12. The molecule has 1 aromatic heterocycles. The van der Waals surface area contributed by atoms with Gasteiger partial charge < -0.3 is 10.4 Å². The van der Waals surface area contributed by atoms with Gasteiger partial charge in [-0.1, -0.05) is 13.8 Å². The Morgan fingerprint density at radius 2 is 2.26 bits per heavy atom. The Kier molecular flexibility index (Phi) is 6.15. The monoisotopic (exact) mass is 266 g/mol. The van der Waals surface area contributed by atoms with Crippen LogP contribution < -0.4 is 5.32 Å². The van der Waals surface area contributed by atoms with E-state index in [1.54, 1.807) is 0 Å². The second kappa shape index (κ2) is 7.63. The fraction of sp³-hybridized carbons (Fsp3) is 0.429. The van der Waals surface area contributed by atoms with E-state index in [-0.39, 0.29) is 12.5 Å². The van der Waals surface area contributed by atoms with Crippen molar-refractivity contribution >= 4 is 12.0 Å². The van der Waals surface area contributed by atoms with Gasteiger partial charge in [-0.15, -0.1) is 0 Å².